The largest absolute Gasteiger partial charge is 0.370 e. The second kappa shape index (κ2) is 5.63. The Kier molecular flexibility index (Phi) is 3.92. The Bertz CT molecular complexity index is 538. The van der Waals surface area contributed by atoms with Crippen molar-refractivity contribution in [1.82, 2.24) is 4.98 Å². The summed E-state index contributed by atoms with van der Waals surface area (Å²) in [6.45, 7) is 4.77. The summed E-state index contributed by atoms with van der Waals surface area (Å²) in [6, 6.07) is 10.9. The number of rotatable bonds is 4. The van der Waals surface area contributed by atoms with Crippen LogP contribution in [0.15, 0.2) is 36.4 Å². The average molecular weight is 244 g/mol. The predicted octanol–water partition coefficient (Wildman–Crippen LogP) is 4.02. The highest BCUT2D eigenvalue weighted by molar-refractivity contribution is 5.62. The van der Waals surface area contributed by atoms with Gasteiger partial charge in [-0.25, -0.2) is 9.37 Å². The molecule has 0 saturated heterocycles. The molecule has 1 N–H and O–H groups in total. The summed E-state index contributed by atoms with van der Waals surface area (Å²) in [7, 11) is 0. The number of aryl methyl sites for hydroxylation is 1. The van der Waals surface area contributed by atoms with Gasteiger partial charge in [-0.2, -0.15) is 0 Å². The van der Waals surface area contributed by atoms with Crippen LogP contribution in [0.2, 0.25) is 0 Å². The zero-order chi connectivity index (χ0) is 13.0. The van der Waals surface area contributed by atoms with Crippen LogP contribution < -0.4 is 5.32 Å². The molecule has 0 fully saturated rings. The normalized spacial score (nSPS) is 10.4. The minimum absolute atomic E-state index is 0.181. The molecule has 0 bridgehead atoms. The molecular formula is C15H17FN2. The van der Waals surface area contributed by atoms with Crippen LogP contribution in [-0.2, 0) is 0 Å². The van der Waals surface area contributed by atoms with E-state index in [4.69, 9.17) is 0 Å². The number of pyridine rings is 1. The number of hydrogen-bond donors (Lipinski definition) is 1. The van der Waals surface area contributed by atoms with E-state index < -0.39 is 0 Å². The molecule has 0 atom stereocenters. The summed E-state index contributed by atoms with van der Waals surface area (Å²) in [6.07, 6.45) is 1.06. The second-order valence-electron chi connectivity index (χ2n) is 4.30. The Labute approximate surface area is 107 Å². The Morgan fingerprint density at radius 1 is 1.22 bits per heavy atom. The summed E-state index contributed by atoms with van der Waals surface area (Å²) >= 11 is 0. The van der Waals surface area contributed by atoms with Crippen LogP contribution in [0.25, 0.3) is 11.3 Å². The van der Waals surface area contributed by atoms with Gasteiger partial charge < -0.3 is 5.32 Å². The van der Waals surface area contributed by atoms with Gasteiger partial charge in [-0.1, -0.05) is 13.0 Å². The van der Waals surface area contributed by atoms with E-state index in [2.05, 4.69) is 17.2 Å². The fourth-order valence-corrected chi connectivity index (χ4v) is 1.75. The summed E-state index contributed by atoms with van der Waals surface area (Å²) in [5.41, 5.74) is 2.44. The van der Waals surface area contributed by atoms with Crippen molar-refractivity contribution in [2.45, 2.75) is 20.3 Å². The molecule has 18 heavy (non-hydrogen) atoms. The van der Waals surface area contributed by atoms with Crippen molar-refractivity contribution in [2.24, 2.45) is 0 Å². The van der Waals surface area contributed by atoms with E-state index in [0.717, 1.165) is 30.0 Å². The van der Waals surface area contributed by atoms with Gasteiger partial charge >= 0.3 is 0 Å². The molecule has 0 aliphatic rings. The molecule has 1 aromatic heterocycles. The molecular weight excluding hydrogens is 227 g/mol. The summed E-state index contributed by atoms with van der Waals surface area (Å²) in [5.74, 6) is 0.676. The SMILES string of the molecule is CCCNc1cccc(-c2ccc(F)c(C)c2)n1. The Balaban J connectivity index is 2.29. The fraction of sp³-hybridized carbons (Fsp3) is 0.267. The van der Waals surface area contributed by atoms with Crippen LogP contribution in [0.1, 0.15) is 18.9 Å². The van der Waals surface area contributed by atoms with Crippen LogP contribution in [0.5, 0.6) is 0 Å². The van der Waals surface area contributed by atoms with Crippen LogP contribution >= 0.6 is 0 Å². The molecule has 0 aliphatic carbocycles. The summed E-state index contributed by atoms with van der Waals surface area (Å²) in [5, 5.41) is 3.25. The number of nitrogens with zero attached hydrogens (tertiary/aromatic N) is 1. The monoisotopic (exact) mass is 244 g/mol. The number of anilines is 1. The van der Waals surface area contributed by atoms with Crippen molar-refractivity contribution in [3.05, 3.63) is 47.8 Å². The molecule has 0 amide bonds. The van der Waals surface area contributed by atoms with E-state index in [1.165, 1.54) is 6.07 Å². The van der Waals surface area contributed by atoms with Gasteiger partial charge in [0.25, 0.3) is 0 Å². The molecule has 2 rings (SSSR count). The lowest BCUT2D eigenvalue weighted by molar-refractivity contribution is 0.619. The van der Waals surface area contributed by atoms with Crippen molar-refractivity contribution < 1.29 is 4.39 Å². The van der Waals surface area contributed by atoms with E-state index in [0.29, 0.717) is 5.56 Å². The van der Waals surface area contributed by atoms with Gasteiger partial charge in [0.2, 0.25) is 0 Å². The molecule has 1 aromatic carbocycles. The summed E-state index contributed by atoms with van der Waals surface area (Å²) < 4.78 is 13.2. The first-order valence-corrected chi connectivity index (χ1v) is 6.18. The van der Waals surface area contributed by atoms with Crippen LogP contribution in [0.3, 0.4) is 0 Å². The molecule has 0 spiro atoms. The molecule has 2 aromatic rings. The number of aromatic nitrogens is 1. The van der Waals surface area contributed by atoms with Crippen LogP contribution in [0, 0.1) is 12.7 Å². The van der Waals surface area contributed by atoms with Gasteiger partial charge in [0.1, 0.15) is 11.6 Å². The van der Waals surface area contributed by atoms with Gasteiger partial charge in [-0.3, -0.25) is 0 Å². The maximum Gasteiger partial charge on any atom is 0.126 e. The van der Waals surface area contributed by atoms with Gasteiger partial charge in [-0.15, -0.1) is 0 Å². The Morgan fingerprint density at radius 3 is 2.78 bits per heavy atom. The van der Waals surface area contributed by atoms with Crippen molar-refractivity contribution in [1.29, 1.82) is 0 Å². The van der Waals surface area contributed by atoms with E-state index >= 15 is 0 Å². The third-order valence-corrected chi connectivity index (χ3v) is 2.76. The first kappa shape index (κ1) is 12.6. The minimum atomic E-state index is -0.181. The minimum Gasteiger partial charge on any atom is -0.370 e. The quantitative estimate of drug-likeness (QED) is 0.878. The molecule has 1 heterocycles. The fourth-order valence-electron chi connectivity index (χ4n) is 1.75. The number of benzene rings is 1. The third-order valence-electron chi connectivity index (χ3n) is 2.76. The lowest BCUT2D eigenvalue weighted by Gasteiger charge is -2.07. The van der Waals surface area contributed by atoms with E-state index in [-0.39, 0.29) is 5.82 Å². The first-order chi connectivity index (χ1) is 8.70. The second-order valence-corrected chi connectivity index (χ2v) is 4.30. The summed E-state index contributed by atoms with van der Waals surface area (Å²) in [4.78, 5) is 4.52. The maximum atomic E-state index is 13.2. The first-order valence-electron chi connectivity index (χ1n) is 6.18. The molecule has 0 unspecified atom stereocenters. The van der Waals surface area contributed by atoms with Crippen LogP contribution in [-0.4, -0.2) is 11.5 Å². The maximum absolute atomic E-state index is 13.2. The van der Waals surface area contributed by atoms with Crippen molar-refractivity contribution in [3.8, 4) is 11.3 Å². The molecule has 3 heteroatoms. The number of nitrogens with one attached hydrogen (secondary N) is 1. The molecule has 94 valence electrons. The van der Waals surface area contributed by atoms with Crippen molar-refractivity contribution >= 4 is 5.82 Å². The van der Waals surface area contributed by atoms with E-state index in [1.54, 1.807) is 13.0 Å². The van der Waals surface area contributed by atoms with Crippen LogP contribution in [0.4, 0.5) is 10.2 Å². The van der Waals surface area contributed by atoms with E-state index in [9.17, 15) is 4.39 Å². The van der Waals surface area contributed by atoms with Gasteiger partial charge in [-0.05, 0) is 49.2 Å². The van der Waals surface area contributed by atoms with Gasteiger partial charge in [0.15, 0.2) is 0 Å². The number of hydrogen-bond acceptors (Lipinski definition) is 2. The van der Waals surface area contributed by atoms with Gasteiger partial charge in [0, 0.05) is 12.1 Å². The van der Waals surface area contributed by atoms with Crippen molar-refractivity contribution in [3.63, 3.8) is 0 Å². The highest BCUT2D eigenvalue weighted by Gasteiger charge is 2.03. The lowest BCUT2D eigenvalue weighted by Crippen LogP contribution is -2.02. The lowest BCUT2D eigenvalue weighted by atomic mass is 10.1. The van der Waals surface area contributed by atoms with Gasteiger partial charge in [0.05, 0.1) is 5.69 Å². The van der Waals surface area contributed by atoms with Crippen molar-refractivity contribution in [2.75, 3.05) is 11.9 Å². The highest BCUT2D eigenvalue weighted by Crippen LogP contribution is 2.21. The highest BCUT2D eigenvalue weighted by atomic mass is 19.1. The van der Waals surface area contributed by atoms with E-state index in [1.807, 2.05) is 24.3 Å². The Morgan fingerprint density at radius 2 is 2.06 bits per heavy atom. The molecule has 2 nitrogen and oxygen atoms in total. The smallest absolute Gasteiger partial charge is 0.126 e. The predicted molar refractivity (Wildman–Crippen MR) is 73.1 cm³/mol. The molecule has 0 radical (unpaired) electrons. The average Bonchev–Trinajstić information content (AvgIpc) is 2.40. The zero-order valence-corrected chi connectivity index (χ0v) is 10.7. The molecule has 0 saturated carbocycles. The topological polar surface area (TPSA) is 24.9 Å². The molecule has 0 aliphatic heterocycles. The third kappa shape index (κ3) is 2.86. The Hall–Kier alpha value is -1.90. The zero-order valence-electron chi connectivity index (χ0n) is 10.7. The standard InChI is InChI=1S/C15H17FN2/c1-3-9-17-15-6-4-5-14(18-15)12-7-8-13(16)11(2)10-12/h4-8,10H,3,9H2,1-2H3,(H,17,18). The number of halogens is 1.